The summed E-state index contributed by atoms with van der Waals surface area (Å²) in [5.41, 5.74) is 0. The zero-order valence-electron chi connectivity index (χ0n) is 14.6. The Bertz CT molecular complexity index is 542. The van der Waals surface area contributed by atoms with Gasteiger partial charge in [-0.3, -0.25) is 0 Å². The third-order valence-electron chi connectivity index (χ3n) is 2.83. The van der Waals surface area contributed by atoms with Crippen LogP contribution in [0, 0.1) is 0 Å². The summed E-state index contributed by atoms with van der Waals surface area (Å²) in [4.78, 5) is 11.5. The molecule has 8 heteroatoms. The van der Waals surface area contributed by atoms with E-state index in [1.165, 1.54) is 0 Å². The second-order valence-electron chi connectivity index (χ2n) is 4.63. The predicted octanol–water partition coefficient (Wildman–Crippen LogP) is 3.03. The first-order chi connectivity index (χ1) is 12.0. The van der Waals surface area contributed by atoms with Crippen molar-refractivity contribution in [1.29, 1.82) is 0 Å². The molecular weight excluding hydrogens is 348 g/mol. The molecule has 0 saturated carbocycles. The lowest BCUT2D eigenvalue weighted by Crippen LogP contribution is -2.44. The number of benzene rings is 1. The number of carboxylic acid groups (broad SMARTS) is 1. The zero-order valence-corrected chi connectivity index (χ0v) is 15.5. The van der Waals surface area contributed by atoms with Crippen LogP contribution in [0.15, 0.2) is 41.2 Å². The number of para-hydroxylation sites is 1. The molecule has 0 spiro atoms. The van der Waals surface area contributed by atoms with E-state index in [2.05, 4.69) is 12.6 Å². The third-order valence-corrected chi connectivity index (χ3v) is 3.13. The van der Waals surface area contributed by atoms with Crippen molar-refractivity contribution >= 4 is 18.6 Å². The predicted molar refractivity (Wildman–Crippen MR) is 94.3 cm³/mol. The highest BCUT2D eigenvalue weighted by Crippen LogP contribution is 2.22. The molecule has 25 heavy (non-hydrogen) atoms. The van der Waals surface area contributed by atoms with Gasteiger partial charge in [0.1, 0.15) is 5.75 Å². The first kappa shape index (κ1) is 21.3. The van der Waals surface area contributed by atoms with Gasteiger partial charge in [-0.05, 0) is 32.9 Å². The molecule has 0 unspecified atom stereocenters. The highest BCUT2D eigenvalue weighted by atomic mass is 32.1. The first-order valence-electron chi connectivity index (χ1n) is 7.92. The second kappa shape index (κ2) is 11.0. The van der Waals surface area contributed by atoms with E-state index in [-0.39, 0.29) is 11.7 Å². The van der Waals surface area contributed by atoms with E-state index in [0.717, 1.165) is 0 Å². The SMILES string of the molecule is CCOC(COC(C(=O)O)=C(S)Oc1ccccc1)(OCC)OCC. The average molecular weight is 372 g/mol. The molecule has 0 aliphatic heterocycles. The molecule has 1 aromatic carbocycles. The van der Waals surface area contributed by atoms with E-state index in [4.69, 9.17) is 23.7 Å². The van der Waals surface area contributed by atoms with Crippen molar-refractivity contribution in [3.8, 4) is 5.75 Å². The number of aliphatic carboxylic acids is 1. The summed E-state index contributed by atoms with van der Waals surface area (Å²) < 4.78 is 27.2. The smallest absolute Gasteiger partial charge is 0.375 e. The minimum absolute atomic E-state index is 0.197. The number of hydrogen-bond acceptors (Lipinski definition) is 7. The lowest BCUT2D eigenvalue weighted by atomic mass is 10.3. The third kappa shape index (κ3) is 6.95. The van der Waals surface area contributed by atoms with Gasteiger partial charge in [-0.15, -0.1) is 12.6 Å². The molecule has 0 amide bonds. The fraction of sp³-hybridized carbons (Fsp3) is 0.471. The Hall–Kier alpha value is -1.74. The summed E-state index contributed by atoms with van der Waals surface area (Å²) in [6.45, 7) is 5.89. The van der Waals surface area contributed by atoms with Crippen LogP contribution in [-0.4, -0.2) is 43.5 Å². The maximum atomic E-state index is 11.5. The molecule has 0 aliphatic carbocycles. The minimum atomic E-state index is -1.50. The lowest BCUT2D eigenvalue weighted by molar-refractivity contribution is -0.388. The van der Waals surface area contributed by atoms with Crippen molar-refractivity contribution < 1.29 is 33.6 Å². The molecule has 1 N–H and O–H groups in total. The van der Waals surface area contributed by atoms with Crippen molar-refractivity contribution in [1.82, 2.24) is 0 Å². The molecule has 0 radical (unpaired) electrons. The number of carboxylic acids is 1. The molecule has 0 aromatic heterocycles. The molecule has 0 atom stereocenters. The molecular formula is C17H24O7S. The van der Waals surface area contributed by atoms with E-state index < -0.39 is 17.7 Å². The van der Waals surface area contributed by atoms with Crippen molar-refractivity contribution in [3.63, 3.8) is 0 Å². The fourth-order valence-electron chi connectivity index (χ4n) is 1.93. The van der Waals surface area contributed by atoms with Gasteiger partial charge in [0.05, 0.1) is 0 Å². The summed E-state index contributed by atoms with van der Waals surface area (Å²) in [5, 5.41) is 9.18. The Morgan fingerprint density at radius 3 is 2.00 bits per heavy atom. The fourth-order valence-corrected chi connectivity index (χ4v) is 2.20. The molecule has 7 nitrogen and oxygen atoms in total. The van der Waals surface area contributed by atoms with Crippen molar-refractivity contribution in [3.05, 3.63) is 41.2 Å². The van der Waals surface area contributed by atoms with Gasteiger partial charge in [0.2, 0.25) is 5.09 Å². The Labute approximate surface area is 152 Å². The van der Waals surface area contributed by atoms with Gasteiger partial charge in [0.25, 0.3) is 5.76 Å². The molecule has 0 heterocycles. The first-order valence-corrected chi connectivity index (χ1v) is 8.36. The second-order valence-corrected chi connectivity index (χ2v) is 5.03. The molecule has 140 valence electrons. The highest BCUT2D eigenvalue weighted by Gasteiger charge is 2.35. The van der Waals surface area contributed by atoms with Crippen LogP contribution in [0.1, 0.15) is 20.8 Å². The number of hydrogen-bond donors (Lipinski definition) is 2. The van der Waals surface area contributed by atoms with E-state index in [0.29, 0.717) is 25.6 Å². The van der Waals surface area contributed by atoms with Crippen molar-refractivity contribution in [2.45, 2.75) is 26.7 Å². The van der Waals surface area contributed by atoms with Crippen molar-refractivity contribution in [2.75, 3.05) is 26.4 Å². The summed E-state index contributed by atoms with van der Waals surface area (Å²) in [5.74, 6) is -2.88. The van der Waals surface area contributed by atoms with Crippen molar-refractivity contribution in [2.24, 2.45) is 0 Å². The van der Waals surface area contributed by atoms with E-state index in [9.17, 15) is 9.90 Å². The normalized spacial score (nSPS) is 12.5. The largest absolute Gasteiger partial charge is 0.475 e. The van der Waals surface area contributed by atoms with Gasteiger partial charge >= 0.3 is 11.9 Å². The van der Waals surface area contributed by atoms with Crippen LogP contribution in [0.4, 0.5) is 0 Å². The monoisotopic (exact) mass is 372 g/mol. The van der Waals surface area contributed by atoms with E-state index in [1.807, 2.05) is 6.07 Å². The summed E-state index contributed by atoms with van der Waals surface area (Å²) in [7, 11) is 0. The van der Waals surface area contributed by atoms with E-state index in [1.54, 1.807) is 45.0 Å². The molecule has 0 aliphatic rings. The molecule has 0 fully saturated rings. The Kier molecular flexibility index (Phi) is 9.36. The van der Waals surface area contributed by atoms with Gasteiger partial charge in [-0.2, -0.15) is 0 Å². The van der Waals surface area contributed by atoms with Gasteiger partial charge in [0, 0.05) is 19.8 Å². The topological polar surface area (TPSA) is 83.5 Å². The van der Waals surface area contributed by atoms with Crippen LogP contribution >= 0.6 is 12.6 Å². The maximum absolute atomic E-state index is 11.5. The highest BCUT2D eigenvalue weighted by molar-refractivity contribution is 7.84. The number of rotatable bonds is 12. The molecule has 0 saturated heterocycles. The number of ether oxygens (including phenoxy) is 5. The Balaban J connectivity index is 2.94. The number of carbonyl (C=O) groups is 1. The van der Waals surface area contributed by atoms with E-state index >= 15 is 0 Å². The van der Waals surface area contributed by atoms with Gasteiger partial charge < -0.3 is 28.8 Å². The lowest BCUT2D eigenvalue weighted by Gasteiger charge is -2.31. The summed E-state index contributed by atoms with van der Waals surface area (Å²) in [6, 6.07) is 8.65. The standard InChI is InChI=1S/C17H24O7S/c1-4-21-17(22-5-2,23-6-3)12-20-14(15(18)19)16(25)24-13-10-8-7-9-11-13/h7-11,25H,4-6,12H2,1-3H3,(H,18,19). The van der Waals surface area contributed by atoms with Crippen LogP contribution in [0.25, 0.3) is 0 Å². The zero-order chi connectivity index (χ0) is 18.7. The Morgan fingerprint density at radius 2 is 1.56 bits per heavy atom. The Morgan fingerprint density at radius 1 is 1.04 bits per heavy atom. The summed E-state index contributed by atoms with van der Waals surface area (Å²) in [6.07, 6.45) is 0. The molecule has 1 aromatic rings. The average Bonchev–Trinajstić information content (AvgIpc) is 2.56. The van der Waals surface area contributed by atoms with Crippen LogP contribution in [0.5, 0.6) is 5.75 Å². The summed E-state index contributed by atoms with van der Waals surface area (Å²) >= 11 is 4.09. The van der Waals surface area contributed by atoms with Gasteiger partial charge in [-0.25, -0.2) is 4.79 Å². The van der Waals surface area contributed by atoms with Gasteiger partial charge in [-0.1, -0.05) is 18.2 Å². The maximum Gasteiger partial charge on any atom is 0.375 e. The van der Waals surface area contributed by atoms with Crippen LogP contribution < -0.4 is 4.74 Å². The van der Waals surface area contributed by atoms with Gasteiger partial charge in [0.15, 0.2) is 6.61 Å². The molecule has 1 rings (SSSR count). The molecule has 0 bridgehead atoms. The van der Waals surface area contributed by atoms with Crippen LogP contribution in [0.2, 0.25) is 0 Å². The van der Waals surface area contributed by atoms with Crippen LogP contribution in [0.3, 0.4) is 0 Å². The quantitative estimate of drug-likeness (QED) is 0.252. The van der Waals surface area contributed by atoms with Crippen LogP contribution in [-0.2, 0) is 23.7 Å². The number of thiol groups is 1. The minimum Gasteiger partial charge on any atom is -0.475 e.